The Morgan fingerprint density at radius 2 is 1.55 bits per heavy atom. The molecule has 3 heterocycles. The fourth-order valence-corrected chi connectivity index (χ4v) is 18.6. The third-order valence-corrected chi connectivity index (χ3v) is 19.3. The van der Waals surface area contributed by atoms with Crippen LogP contribution in [0.4, 0.5) is 0 Å². The van der Waals surface area contributed by atoms with Gasteiger partial charge in [0, 0.05) is 17.7 Å². The van der Waals surface area contributed by atoms with Crippen LogP contribution in [0.15, 0.2) is 15.8 Å². The van der Waals surface area contributed by atoms with Crippen LogP contribution in [-0.4, -0.2) is 44.6 Å². The lowest BCUT2D eigenvalue weighted by Gasteiger charge is -2.51. The normalized spacial score (nSPS) is 29.5. The van der Waals surface area contributed by atoms with Crippen LogP contribution >= 0.6 is 11.8 Å². The van der Waals surface area contributed by atoms with Crippen molar-refractivity contribution >= 4 is 28.9 Å². The first-order chi connectivity index (χ1) is 15.3. The predicted octanol–water partition coefficient (Wildman–Crippen LogP) is 5.05. The number of fused-ring (bicyclic) bond motifs is 1. The van der Waals surface area contributed by atoms with Crippen LogP contribution in [0, 0.1) is 12.8 Å². The van der Waals surface area contributed by atoms with Crippen molar-refractivity contribution in [3.05, 3.63) is 32.6 Å². The molecule has 1 aromatic heterocycles. The number of aromatic nitrogens is 2. The van der Waals surface area contributed by atoms with Crippen molar-refractivity contribution in [2.24, 2.45) is 5.92 Å². The summed E-state index contributed by atoms with van der Waals surface area (Å²) in [6.07, 6.45) is 1.60. The lowest BCUT2D eigenvalue weighted by atomic mass is 10.0. The van der Waals surface area contributed by atoms with Crippen molar-refractivity contribution < 1.29 is 13.0 Å². The molecule has 0 saturated carbocycles. The van der Waals surface area contributed by atoms with Crippen LogP contribution in [-0.2, 0) is 13.0 Å². The third kappa shape index (κ3) is 4.63. The quantitative estimate of drug-likeness (QED) is 0.554. The van der Waals surface area contributed by atoms with Gasteiger partial charge in [-0.25, -0.2) is 4.79 Å². The molecule has 2 fully saturated rings. The number of hydrogen-bond acceptors (Lipinski definition) is 6. The number of aryl methyl sites for hydroxylation is 1. The average Bonchev–Trinajstić information content (AvgIpc) is 2.98. The van der Waals surface area contributed by atoms with Gasteiger partial charge >= 0.3 is 22.8 Å². The molecular weight excluding hydrogens is 473 g/mol. The monoisotopic (exact) mass is 514 g/mol. The lowest BCUT2D eigenvalue weighted by Crippen LogP contribution is -2.65. The second kappa shape index (κ2) is 9.77. The second-order valence-corrected chi connectivity index (χ2v) is 21.2. The molecule has 0 aromatic carbocycles. The first-order valence-corrected chi connectivity index (χ1v) is 17.1. The molecule has 1 N–H and O–H groups in total. The number of hydrogen-bond donors (Lipinski definition) is 1. The van der Waals surface area contributed by atoms with Gasteiger partial charge in [0.15, 0.2) is 0 Å². The fourth-order valence-electron chi connectivity index (χ4n) is 5.43. The zero-order valence-corrected chi connectivity index (χ0v) is 24.6. The Morgan fingerprint density at radius 3 is 2.06 bits per heavy atom. The van der Waals surface area contributed by atoms with Crippen molar-refractivity contribution in [2.75, 3.05) is 6.61 Å². The zero-order chi connectivity index (χ0) is 24.9. The molecule has 0 amide bonds. The molecule has 33 heavy (non-hydrogen) atoms. The van der Waals surface area contributed by atoms with E-state index in [0.29, 0.717) is 23.3 Å². The largest absolute Gasteiger partial charge is 0.414 e. The van der Waals surface area contributed by atoms with Gasteiger partial charge in [0.25, 0.3) is 5.56 Å². The van der Waals surface area contributed by atoms with E-state index in [1.807, 2.05) is 0 Å². The van der Waals surface area contributed by atoms with E-state index in [4.69, 9.17) is 13.0 Å². The van der Waals surface area contributed by atoms with E-state index < -0.39 is 17.1 Å². The van der Waals surface area contributed by atoms with Crippen molar-refractivity contribution in [1.82, 2.24) is 9.55 Å². The van der Waals surface area contributed by atoms with Crippen LogP contribution in [0.1, 0.15) is 73.3 Å². The van der Waals surface area contributed by atoms with Crippen molar-refractivity contribution in [1.29, 1.82) is 0 Å². The van der Waals surface area contributed by atoms with Crippen LogP contribution in [0.2, 0.25) is 22.2 Å². The average molecular weight is 515 g/mol. The Morgan fingerprint density at radius 1 is 1.00 bits per heavy atom. The van der Waals surface area contributed by atoms with Crippen molar-refractivity contribution in [3.63, 3.8) is 0 Å². The highest BCUT2D eigenvalue weighted by atomic mass is 32.2. The predicted molar refractivity (Wildman–Crippen MR) is 139 cm³/mol. The molecule has 1 aromatic rings. The van der Waals surface area contributed by atoms with E-state index >= 15 is 0 Å². The van der Waals surface area contributed by atoms with Crippen molar-refractivity contribution in [3.8, 4) is 0 Å². The standard InChI is InChI=1S/C23H42N2O5SSi2/c1-13(2)32(14(3)4)28-12-19-20(29-33(30-32,15(5)6)16(7)8)18(10)22(31-19)25-11-17(9)21(26)24-23(25)27/h11,13-16,18-20,22H,12H2,1-10H3,(H,24,26,27)/t18-,19+,20-,22+/m0/s1. The summed E-state index contributed by atoms with van der Waals surface area (Å²) in [6, 6.07) is 0. The van der Waals surface area contributed by atoms with Crippen LogP contribution < -0.4 is 11.2 Å². The minimum Gasteiger partial charge on any atom is -0.414 e. The highest BCUT2D eigenvalue weighted by Gasteiger charge is 2.61. The summed E-state index contributed by atoms with van der Waals surface area (Å²) in [4.78, 5) is 27.1. The molecule has 0 unspecified atom stereocenters. The molecule has 188 valence electrons. The Hall–Kier alpha value is -0.656. The summed E-state index contributed by atoms with van der Waals surface area (Å²) < 4.78 is 23.0. The number of rotatable bonds is 5. The third-order valence-electron chi connectivity index (χ3n) is 7.40. The number of nitrogens with zero attached hydrogens (tertiary/aromatic N) is 1. The lowest BCUT2D eigenvalue weighted by molar-refractivity contribution is 0.0467. The van der Waals surface area contributed by atoms with E-state index in [1.54, 1.807) is 29.4 Å². The molecule has 2 saturated heterocycles. The highest BCUT2D eigenvalue weighted by Crippen LogP contribution is 2.53. The van der Waals surface area contributed by atoms with Gasteiger partial charge in [0.1, 0.15) is 0 Å². The summed E-state index contributed by atoms with van der Waals surface area (Å²) >= 11 is 1.74. The maximum absolute atomic E-state index is 12.7. The summed E-state index contributed by atoms with van der Waals surface area (Å²) in [7, 11) is -5.28. The van der Waals surface area contributed by atoms with Gasteiger partial charge < -0.3 is 13.0 Å². The molecule has 10 heteroatoms. The molecule has 2 aliphatic rings. The van der Waals surface area contributed by atoms with E-state index in [9.17, 15) is 9.59 Å². The summed E-state index contributed by atoms with van der Waals surface area (Å²) in [5.41, 5.74) is 0.952. The molecule has 0 spiro atoms. The van der Waals surface area contributed by atoms with Crippen molar-refractivity contribution in [2.45, 2.75) is 108 Å². The van der Waals surface area contributed by atoms with Gasteiger partial charge in [-0.05, 0) is 29.1 Å². The Balaban J connectivity index is 2.10. The van der Waals surface area contributed by atoms with Gasteiger partial charge in [-0.2, -0.15) is 0 Å². The van der Waals surface area contributed by atoms with Gasteiger partial charge in [-0.15, -0.1) is 11.8 Å². The number of thioether (sulfide) groups is 1. The topological polar surface area (TPSA) is 82.6 Å². The first-order valence-electron chi connectivity index (χ1n) is 12.3. The Bertz CT molecular complexity index is 945. The Kier molecular flexibility index (Phi) is 7.98. The van der Waals surface area contributed by atoms with Gasteiger partial charge in [0.05, 0.1) is 23.3 Å². The SMILES string of the molecule is Cc1cn([C@@H]2S[C@@H]3CO[Si](C(C)C)(C(C)C)O[Si](C(C)C)(C(C)C)O[C@H]3[C@@H]2C)c(=O)[nH]c1=O. The van der Waals surface area contributed by atoms with Gasteiger partial charge in [-0.3, -0.25) is 14.3 Å². The summed E-state index contributed by atoms with van der Waals surface area (Å²) in [5, 5.41) is -0.0354. The number of H-pyrrole nitrogens is 1. The molecule has 0 aliphatic carbocycles. The molecule has 2 aliphatic heterocycles. The van der Waals surface area contributed by atoms with E-state index in [1.165, 1.54) is 0 Å². The molecule has 4 atom stereocenters. The molecule has 3 rings (SSSR count). The van der Waals surface area contributed by atoms with Gasteiger partial charge in [0.2, 0.25) is 0 Å². The fraction of sp³-hybridized carbons (Fsp3) is 0.826. The highest BCUT2D eigenvalue weighted by molar-refractivity contribution is 8.00. The zero-order valence-electron chi connectivity index (χ0n) is 21.8. The van der Waals surface area contributed by atoms with E-state index in [2.05, 4.69) is 67.3 Å². The Labute approximate surface area is 204 Å². The molecule has 0 radical (unpaired) electrons. The maximum atomic E-state index is 12.7. The van der Waals surface area contributed by atoms with Crippen LogP contribution in [0.3, 0.4) is 0 Å². The van der Waals surface area contributed by atoms with E-state index in [-0.39, 0.29) is 45.0 Å². The minimum atomic E-state index is -2.69. The number of nitrogens with one attached hydrogen (secondary N) is 1. The smallest absolute Gasteiger partial charge is 0.334 e. The summed E-state index contributed by atoms with van der Waals surface area (Å²) in [5.74, 6) is 0.0619. The second-order valence-electron chi connectivity index (χ2n) is 11.0. The van der Waals surface area contributed by atoms with Crippen LogP contribution in [0.5, 0.6) is 0 Å². The van der Waals surface area contributed by atoms with E-state index in [0.717, 1.165) is 0 Å². The molecular formula is C23H42N2O5SSi2. The maximum Gasteiger partial charge on any atom is 0.334 e. The first kappa shape index (κ1) is 26.9. The van der Waals surface area contributed by atoms with Crippen LogP contribution in [0.25, 0.3) is 0 Å². The molecule has 7 nitrogen and oxygen atoms in total. The number of aromatic amines is 1. The van der Waals surface area contributed by atoms with Gasteiger partial charge in [-0.1, -0.05) is 62.3 Å². The summed E-state index contributed by atoms with van der Waals surface area (Å²) in [6.45, 7) is 22.2. The molecule has 0 bridgehead atoms. The minimum absolute atomic E-state index is 0.0619.